The smallest absolute Gasteiger partial charge is 0.308 e. The standard InChI is InChI=1S/C48H64N8O10S/c1-28(2)22-38-45(61)53-35(20-15-21-50-47(49)55-67(63,64)42-30(4)29(3)41-34(31(42)5)25-48(6,7)66-41)43(59)51-26-39(57)52-36(24-40(58)65-27-33-18-13-10-14-19-33)44(60)54-37(46(62)56(38)8)23-32-16-11-9-12-17-32/h9-14,16-19,28,35-38H,15,20-27H2,1-8H3,(H,51,59)(H,52,57)(H,53,61)(H,54,60)(H3,49,50,55)/t35-,36-,37+,38-/m0/s1. The van der Waals surface area contributed by atoms with Gasteiger partial charge in [0.1, 0.15) is 42.1 Å². The highest BCUT2D eigenvalue weighted by molar-refractivity contribution is 7.90. The van der Waals surface area contributed by atoms with E-state index in [0.717, 1.165) is 5.56 Å². The van der Waals surface area contributed by atoms with E-state index in [1.54, 1.807) is 74.5 Å². The molecule has 2 heterocycles. The maximum Gasteiger partial charge on any atom is 0.308 e. The highest BCUT2D eigenvalue weighted by atomic mass is 32.2. The average molecular weight is 945 g/mol. The van der Waals surface area contributed by atoms with Crippen molar-refractivity contribution in [2.45, 2.75) is 128 Å². The maximum absolute atomic E-state index is 14.5. The minimum absolute atomic E-state index is 0.00679. The molecule has 18 nitrogen and oxygen atoms in total. The Morgan fingerprint density at radius 3 is 2.15 bits per heavy atom. The second kappa shape index (κ2) is 22.3. The summed E-state index contributed by atoms with van der Waals surface area (Å²) in [5, 5.41) is 10.5. The molecule has 0 aliphatic carbocycles. The Bertz CT molecular complexity index is 2460. The summed E-state index contributed by atoms with van der Waals surface area (Å²) >= 11 is 0. The molecule has 4 atom stereocenters. The summed E-state index contributed by atoms with van der Waals surface area (Å²) in [7, 11) is -2.76. The Morgan fingerprint density at radius 1 is 0.881 bits per heavy atom. The molecule has 19 heteroatoms. The number of ether oxygens (including phenoxy) is 2. The van der Waals surface area contributed by atoms with Gasteiger partial charge in [0.15, 0.2) is 0 Å². The molecule has 1 saturated heterocycles. The van der Waals surface area contributed by atoms with Crippen molar-refractivity contribution in [3.8, 4) is 5.75 Å². The average Bonchev–Trinajstić information content (AvgIpc) is 3.61. The van der Waals surface area contributed by atoms with Crippen LogP contribution in [0.15, 0.2) is 70.6 Å². The number of guanidine groups is 1. The predicted octanol–water partition coefficient (Wildman–Crippen LogP) is 2.53. The number of rotatable bonds is 14. The lowest BCUT2D eigenvalue weighted by Crippen LogP contribution is -2.58. The van der Waals surface area contributed by atoms with Crippen LogP contribution in [0.2, 0.25) is 0 Å². The van der Waals surface area contributed by atoms with Crippen LogP contribution in [0.4, 0.5) is 0 Å². The van der Waals surface area contributed by atoms with E-state index in [1.807, 2.05) is 34.6 Å². The summed E-state index contributed by atoms with van der Waals surface area (Å²) in [6, 6.07) is 12.6. The van der Waals surface area contributed by atoms with Crippen LogP contribution in [0.1, 0.15) is 86.8 Å². The van der Waals surface area contributed by atoms with E-state index in [1.165, 1.54) is 11.9 Å². The van der Waals surface area contributed by atoms with Crippen LogP contribution in [-0.4, -0.2) is 105 Å². The summed E-state index contributed by atoms with van der Waals surface area (Å²) < 4.78 is 41.4. The molecule has 5 amide bonds. The number of amides is 5. The molecule has 3 aromatic carbocycles. The molecule has 362 valence electrons. The lowest BCUT2D eigenvalue weighted by molar-refractivity contribution is -0.148. The third kappa shape index (κ3) is 13.8. The quantitative estimate of drug-likeness (QED) is 0.0593. The van der Waals surface area contributed by atoms with Crippen LogP contribution in [0.25, 0.3) is 0 Å². The van der Waals surface area contributed by atoms with Crippen LogP contribution in [0.5, 0.6) is 5.75 Å². The number of likely N-dealkylation sites (N-methyl/N-ethyl adjacent to an activating group) is 1. The van der Waals surface area contributed by atoms with Crippen molar-refractivity contribution in [2.24, 2.45) is 16.6 Å². The molecule has 67 heavy (non-hydrogen) atoms. The van der Waals surface area contributed by atoms with Gasteiger partial charge in [0, 0.05) is 32.0 Å². The van der Waals surface area contributed by atoms with E-state index in [2.05, 4.69) is 31.0 Å². The van der Waals surface area contributed by atoms with Crippen molar-refractivity contribution in [3.05, 3.63) is 94.0 Å². The summed E-state index contributed by atoms with van der Waals surface area (Å²) in [5.41, 5.74) is 9.61. The van der Waals surface area contributed by atoms with Gasteiger partial charge in [-0.15, -0.1) is 0 Å². The van der Waals surface area contributed by atoms with Crippen LogP contribution in [-0.2, 0) is 63.0 Å². The van der Waals surface area contributed by atoms with Gasteiger partial charge in [-0.05, 0) is 87.6 Å². The molecule has 0 unspecified atom stereocenters. The number of benzene rings is 3. The molecule has 5 rings (SSSR count). The first-order valence-corrected chi connectivity index (χ1v) is 23.9. The molecular formula is C48H64N8O10S. The number of aliphatic imine (C=N–C) groups is 1. The summed E-state index contributed by atoms with van der Waals surface area (Å²) in [6.07, 6.45) is 0.188. The highest BCUT2D eigenvalue weighted by Gasteiger charge is 2.38. The Labute approximate surface area is 392 Å². The predicted molar refractivity (Wildman–Crippen MR) is 251 cm³/mol. The van der Waals surface area contributed by atoms with Gasteiger partial charge < -0.3 is 41.4 Å². The van der Waals surface area contributed by atoms with Crippen molar-refractivity contribution >= 4 is 51.5 Å². The zero-order valence-electron chi connectivity index (χ0n) is 39.5. The normalized spacial score (nSPS) is 20.6. The molecule has 1 fully saturated rings. The Morgan fingerprint density at radius 2 is 1.51 bits per heavy atom. The largest absolute Gasteiger partial charge is 0.487 e. The molecule has 3 aromatic rings. The fourth-order valence-corrected chi connectivity index (χ4v) is 9.74. The zero-order valence-corrected chi connectivity index (χ0v) is 40.3. The SMILES string of the molecule is Cc1c(C)c(S(=O)(=O)NC(N)=NCCC[C@@H]2NC(=O)[C@H](CC(C)C)N(C)C(=O)[C@@H](Cc3ccccc3)NC(=O)[C@H](CC(=O)OCc3ccccc3)NC(=O)CNC2=O)c(C)c2c1OC(C)(C)C2. The molecule has 0 bridgehead atoms. The zero-order chi connectivity index (χ0) is 49.2. The number of hydrogen-bond donors (Lipinski definition) is 6. The summed E-state index contributed by atoms with van der Waals surface area (Å²) in [4.78, 5) is 88.5. The minimum Gasteiger partial charge on any atom is -0.487 e. The van der Waals surface area contributed by atoms with Crippen molar-refractivity contribution < 1.29 is 46.7 Å². The van der Waals surface area contributed by atoms with Gasteiger partial charge in [-0.3, -0.25) is 33.8 Å². The van der Waals surface area contributed by atoms with Crippen LogP contribution in [0, 0.1) is 26.7 Å². The van der Waals surface area contributed by atoms with Crippen LogP contribution in [0.3, 0.4) is 0 Å². The number of carbonyl (C=O) groups excluding carboxylic acids is 6. The lowest BCUT2D eigenvalue weighted by Gasteiger charge is -2.33. The summed E-state index contributed by atoms with van der Waals surface area (Å²) in [6.45, 7) is 12.1. The minimum atomic E-state index is -4.19. The van der Waals surface area contributed by atoms with E-state index < -0.39 is 88.3 Å². The molecular weight excluding hydrogens is 881 g/mol. The van der Waals surface area contributed by atoms with Gasteiger partial charge in [0.2, 0.25) is 35.5 Å². The topological polar surface area (TPSA) is 257 Å². The lowest BCUT2D eigenvalue weighted by atomic mass is 9.94. The Kier molecular flexibility index (Phi) is 17.2. The molecule has 7 N–H and O–H groups in total. The van der Waals surface area contributed by atoms with Crippen molar-refractivity contribution in [1.82, 2.24) is 30.9 Å². The highest BCUT2D eigenvalue weighted by Crippen LogP contribution is 2.43. The number of nitrogens with one attached hydrogen (secondary N) is 5. The first-order chi connectivity index (χ1) is 31.6. The molecule has 2 aliphatic heterocycles. The molecule has 0 spiro atoms. The van der Waals surface area contributed by atoms with E-state index in [0.29, 0.717) is 40.0 Å². The fraction of sp³-hybridized carbons (Fsp3) is 0.479. The molecule has 0 saturated carbocycles. The van der Waals surface area contributed by atoms with Crippen molar-refractivity contribution in [1.29, 1.82) is 0 Å². The van der Waals surface area contributed by atoms with Gasteiger partial charge in [0.05, 0.1) is 17.9 Å². The number of fused-ring (bicyclic) bond motifs is 1. The van der Waals surface area contributed by atoms with Crippen LogP contribution < -0.4 is 36.5 Å². The second-order valence-corrected chi connectivity index (χ2v) is 19.8. The third-order valence-corrected chi connectivity index (χ3v) is 13.4. The van der Waals surface area contributed by atoms with Crippen molar-refractivity contribution in [3.63, 3.8) is 0 Å². The number of nitrogens with zero attached hydrogens (tertiary/aromatic N) is 2. The second-order valence-electron chi connectivity index (χ2n) is 18.2. The number of carbonyl (C=O) groups is 6. The number of hydrogen-bond acceptors (Lipinski definition) is 11. The van der Waals surface area contributed by atoms with Gasteiger partial charge in [0.25, 0.3) is 10.0 Å². The number of sulfonamides is 1. The van der Waals surface area contributed by atoms with Gasteiger partial charge in [-0.1, -0.05) is 74.5 Å². The maximum atomic E-state index is 14.5. The molecule has 2 aliphatic rings. The van der Waals surface area contributed by atoms with E-state index in [4.69, 9.17) is 15.2 Å². The fourth-order valence-electron chi connectivity index (χ4n) is 8.22. The number of nitrogens with two attached hydrogens (primary N) is 1. The van der Waals surface area contributed by atoms with E-state index >= 15 is 0 Å². The first-order valence-electron chi connectivity index (χ1n) is 22.4. The first kappa shape index (κ1) is 51.5. The molecule has 0 radical (unpaired) electrons. The monoisotopic (exact) mass is 944 g/mol. The van der Waals surface area contributed by atoms with Gasteiger partial charge >= 0.3 is 5.97 Å². The third-order valence-electron chi connectivity index (χ3n) is 11.8. The summed E-state index contributed by atoms with van der Waals surface area (Å²) in [5.74, 6) is -4.36. The van der Waals surface area contributed by atoms with Gasteiger partial charge in [-0.2, -0.15) is 0 Å². The molecule has 0 aromatic heterocycles. The Balaban J connectivity index is 1.37. The van der Waals surface area contributed by atoms with Crippen LogP contribution >= 0.6 is 0 Å². The Hall–Kier alpha value is -6.50. The van der Waals surface area contributed by atoms with E-state index in [-0.39, 0.29) is 55.6 Å². The van der Waals surface area contributed by atoms with Gasteiger partial charge in [-0.25, -0.2) is 13.1 Å². The number of esters is 1. The van der Waals surface area contributed by atoms with E-state index in [9.17, 15) is 37.2 Å². The van der Waals surface area contributed by atoms with Crippen molar-refractivity contribution in [2.75, 3.05) is 20.1 Å².